The van der Waals surface area contributed by atoms with Gasteiger partial charge in [0.15, 0.2) is 11.5 Å². The smallest absolute Gasteiger partial charge is 0.335 e. The Morgan fingerprint density at radius 3 is 2.35 bits per heavy atom. The highest BCUT2D eigenvalue weighted by atomic mass is 127. The first-order valence-corrected chi connectivity index (χ1v) is 11.0. The number of nitrogens with zero attached hydrogens (tertiary/aromatic N) is 1. The molecule has 5 nitrogen and oxygen atoms in total. The third kappa shape index (κ3) is 5.87. The molecule has 0 aliphatic rings. The maximum atomic E-state index is 11.0. The molecule has 0 amide bonds. The molecule has 7 heteroatoms. The summed E-state index contributed by atoms with van der Waals surface area (Å²) in [6.45, 7) is 0.268. The van der Waals surface area contributed by atoms with Crippen molar-refractivity contribution in [1.82, 2.24) is 0 Å². The van der Waals surface area contributed by atoms with Crippen molar-refractivity contribution in [2.45, 2.75) is 6.61 Å². The number of carboxylic acids is 1. The number of allylic oxidation sites excluding steroid dienone is 1. The van der Waals surface area contributed by atoms with Crippen LogP contribution in [0.5, 0.6) is 11.5 Å². The highest BCUT2D eigenvalue weighted by Crippen LogP contribution is 2.35. The number of hydrogen-bond donors (Lipinski definition) is 1. The van der Waals surface area contributed by atoms with Crippen LogP contribution in [0, 0.1) is 14.9 Å². The number of hydrogen-bond acceptors (Lipinski definition) is 4. The van der Waals surface area contributed by atoms with Crippen LogP contribution in [0.3, 0.4) is 0 Å². The van der Waals surface area contributed by atoms with Crippen LogP contribution in [-0.4, -0.2) is 18.2 Å². The number of carbonyl (C=O) groups is 1. The van der Waals surface area contributed by atoms with E-state index < -0.39 is 5.97 Å². The van der Waals surface area contributed by atoms with Crippen molar-refractivity contribution in [1.29, 1.82) is 5.26 Å². The minimum Gasteiger partial charge on any atom is -0.493 e. The van der Waals surface area contributed by atoms with Crippen molar-refractivity contribution in [2.24, 2.45) is 0 Å². The quantitative estimate of drug-likeness (QED) is 0.196. The Bertz CT molecular complexity index is 1170. The highest BCUT2D eigenvalue weighted by molar-refractivity contribution is 14.1. The third-order valence-electron chi connectivity index (χ3n) is 4.42. The first-order chi connectivity index (χ1) is 14.9. The lowest BCUT2D eigenvalue weighted by molar-refractivity contribution is 0.0697. The van der Waals surface area contributed by atoms with Crippen LogP contribution >= 0.6 is 38.5 Å². The number of ether oxygens (including phenoxy) is 2. The largest absolute Gasteiger partial charge is 0.493 e. The second-order valence-corrected chi connectivity index (χ2v) is 8.58. The second-order valence-electron chi connectivity index (χ2n) is 6.50. The van der Waals surface area contributed by atoms with Crippen LogP contribution in [0.4, 0.5) is 0 Å². The van der Waals surface area contributed by atoms with Crippen molar-refractivity contribution in [3.8, 4) is 17.6 Å². The number of carboxylic acid groups (broad SMARTS) is 1. The van der Waals surface area contributed by atoms with Crippen molar-refractivity contribution in [3.05, 3.63) is 91.0 Å². The SMILES string of the molecule is COc1cc(/C=C(\C#N)c2ccc(Br)cc2)cc(I)c1OCc1ccc(C(=O)O)cc1. The molecule has 0 saturated heterocycles. The molecule has 0 bridgehead atoms. The Balaban J connectivity index is 1.84. The molecule has 1 N–H and O–H groups in total. The van der Waals surface area contributed by atoms with Crippen LogP contribution in [0.2, 0.25) is 0 Å². The summed E-state index contributed by atoms with van der Waals surface area (Å²) < 4.78 is 13.3. The van der Waals surface area contributed by atoms with Gasteiger partial charge in [-0.25, -0.2) is 4.79 Å². The molecule has 3 aromatic carbocycles. The van der Waals surface area contributed by atoms with Gasteiger partial charge in [-0.1, -0.05) is 40.2 Å². The van der Waals surface area contributed by atoms with Gasteiger partial charge in [-0.2, -0.15) is 5.26 Å². The molecular formula is C24H17BrINO4. The number of nitriles is 1. The average molecular weight is 590 g/mol. The fraction of sp³-hybridized carbons (Fsp3) is 0.0833. The summed E-state index contributed by atoms with van der Waals surface area (Å²) in [4.78, 5) is 11.0. The maximum Gasteiger partial charge on any atom is 0.335 e. The lowest BCUT2D eigenvalue weighted by Gasteiger charge is -2.14. The van der Waals surface area contributed by atoms with Crippen molar-refractivity contribution >= 4 is 56.1 Å². The zero-order valence-corrected chi connectivity index (χ0v) is 20.2. The molecule has 0 atom stereocenters. The molecule has 156 valence electrons. The molecule has 0 radical (unpaired) electrons. The van der Waals surface area contributed by atoms with Crippen LogP contribution in [-0.2, 0) is 6.61 Å². The molecule has 31 heavy (non-hydrogen) atoms. The number of aromatic carboxylic acids is 1. The van der Waals surface area contributed by atoms with E-state index in [0.717, 1.165) is 24.7 Å². The second kappa shape index (κ2) is 10.5. The molecule has 0 aromatic heterocycles. The third-order valence-corrected chi connectivity index (χ3v) is 5.75. The van der Waals surface area contributed by atoms with Gasteiger partial charge < -0.3 is 14.6 Å². The summed E-state index contributed by atoms with van der Waals surface area (Å²) in [5, 5.41) is 18.6. The van der Waals surface area contributed by atoms with Gasteiger partial charge in [0.05, 0.1) is 27.9 Å². The molecule has 0 spiro atoms. The monoisotopic (exact) mass is 589 g/mol. The number of benzene rings is 3. The zero-order chi connectivity index (χ0) is 22.4. The normalized spacial score (nSPS) is 11.0. The summed E-state index contributed by atoms with van der Waals surface area (Å²) >= 11 is 5.57. The number of halogens is 2. The van der Waals surface area contributed by atoms with Crippen molar-refractivity contribution in [2.75, 3.05) is 7.11 Å². The van der Waals surface area contributed by atoms with Crippen LogP contribution in [0.1, 0.15) is 27.0 Å². The molecule has 3 aromatic rings. The predicted octanol–water partition coefficient (Wildman–Crippen LogP) is 6.40. The predicted molar refractivity (Wildman–Crippen MR) is 131 cm³/mol. The minimum absolute atomic E-state index is 0.228. The minimum atomic E-state index is -0.966. The lowest BCUT2D eigenvalue weighted by Crippen LogP contribution is -2.01. The fourth-order valence-electron chi connectivity index (χ4n) is 2.84. The van der Waals surface area contributed by atoms with E-state index in [2.05, 4.69) is 44.6 Å². The number of rotatable bonds is 7. The topological polar surface area (TPSA) is 79.5 Å². The van der Waals surface area contributed by atoms with Crippen molar-refractivity contribution < 1.29 is 19.4 Å². The Labute approximate surface area is 202 Å². The molecule has 0 aliphatic carbocycles. The fourth-order valence-corrected chi connectivity index (χ4v) is 3.88. The van der Waals surface area contributed by atoms with Gasteiger partial charge in [0.2, 0.25) is 0 Å². The molecule has 0 heterocycles. The van der Waals surface area contributed by atoms with Crippen LogP contribution < -0.4 is 9.47 Å². The van der Waals surface area contributed by atoms with Gasteiger partial charge in [-0.3, -0.25) is 0 Å². The summed E-state index contributed by atoms with van der Waals surface area (Å²) in [6.07, 6.45) is 1.81. The molecule has 3 rings (SSSR count). The van der Waals surface area contributed by atoms with E-state index in [4.69, 9.17) is 14.6 Å². The van der Waals surface area contributed by atoms with E-state index in [-0.39, 0.29) is 12.2 Å². The van der Waals surface area contributed by atoms with E-state index in [1.54, 1.807) is 31.4 Å². The molecule has 0 saturated carbocycles. The Kier molecular flexibility index (Phi) is 7.71. The van der Waals surface area contributed by atoms with E-state index in [1.807, 2.05) is 42.5 Å². The summed E-state index contributed by atoms with van der Waals surface area (Å²) in [5.41, 5.74) is 3.25. The van der Waals surface area contributed by atoms with E-state index in [0.29, 0.717) is 17.1 Å². The first-order valence-electron chi connectivity index (χ1n) is 9.11. The van der Waals surface area contributed by atoms with Gasteiger partial charge in [-0.15, -0.1) is 0 Å². The Hall–Kier alpha value is -2.83. The van der Waals surface area contributed by atoms with Gasteiger partial charge >= 0.3 is 5.97 Å². The van der Waals surface area contributed by atoms with Gasteiger partial charge in [0.1, 0.15) is 6.61 Å². The number of methoxy groups -OCH3 is 1. The Morgan fingerprint density at radius 1 is 1.13 bits per heavy atom. The molecule has 0 unspecified atom stereocenters. The van der Waals surface area contributed by atoms with E-state index >= 15 is 0 Å². The average Bonchev–Trinajstić information content (AvgIpc) is 2.77. The van der Waals surface area contributed by atoms with E-state index in [9.17, 15) is 10.1 Å². The summed E-state index contributed by atoms with van der Waals surface area (Å²) in [5.74, 6) is 0.172. The lowest BCUT2D eigenvalue weighted by atomic mass is 10.0. The Morgan fingerprint density at radius 2 is 1.77 bits per heavy atom. The standard InChI is InChI=1S/C24H17BrINO4/c1-30-22-12-16(10-19(13-27)17-6-8-20(25)9-7-17)11-21(26)23(22)31-14-15-2-4-18(5-3-15)24(28)29/h2-12H,14H2,1H3,(H,28,29)/b19-10+. The molecule has 0 fully saturated rings. The summed E-state index contributed by atoms with van der Waals surface area (Å²) in [6, 6.07) is 20.1. The van der Waals surface area contributed by atoms with Gasteiger partial charge in [-0.05, 0) is 81.8 Å². The maximum absolute atomic E-state index is 11.0. The van der Waals surface area contributed by atoms with Crippen LogP contribution in [0.25, 0.3) is 11.6 Å². The first kappa shape index (κ1) is 22.8. The molecular weight excluding hydrogens is 573 g/mol. The van der Waals surface area contributed by atoms with E-state index in [1.165, 1.54) is 0 Å². The van der Waals surface area contributed by atoms with Crippen LogP contribution in [0.15, 0.2) is 65.1 Å². The summed E-state index contributed by atoms with van der Waals surface area (Å²) in [7, 11) is 1.56. The van der Waals surface area contributed by atoms with Gasteiger partial charge in [0, 0.05) is 4.47 Å². The molecule has 0 aliphatic heterocycles. The highest BCUT2D eigenvalue weighted by Gasteiger charge is 2.13. The van der Waals surface area contributed by atoms with Crippen molar-refractivity contribution in [3.63, 3.8) is 0 Å². The zero-order valence-electron chi connectivity index (χ0n) is 16.4. The van der Waals surface area contributed by atoms with Gasteiger partial charge in [0.25, 0.3) is 0 Å².